The molecule has 4 rings (SSSR count). The Bertz CT molecular complexity index is 1700. The smallest absolute Gasteiger partial charge is 0.300 e. The van der Waals surface area contributed by atoms with E-state index in [1.807, 2.05) is 0 Å². The van der Waals surface area contributed by atoms with Crippen molar-refractivity contribution in [2.75, 3.05) is 18.4 Å². The summed E-state index contributed by atoms with van der Waals surface area (Å²) in [4.78, 5) is 14.8. The van der Waals surface area contributed by atoms with Crippen molar-refractivity contribution in [3.63, 3.8) is 0 Å². The minimum absolute atomic E-state index is 0.0353. The number of nitrogens with one attached hydrogen (secondary N) is 1. The van der Waals surface area contributed by atoms with E-state index in [0.29, 0.717) is 42.4 Å². The van der Waals surface area contributed by atoms with Crippen LogP contribution in [0.1, 0.15) is 32.3 Å². The van der Waals surface area contributed by atoms with E-state index in [2.05, 4.69) is 10.3 Å². The van der Waals surface area contributed by atoms with Gasteiger partial charge in [-0.15, -0.1) is 0 Å². The van der Waals surface area contributed by atoms with Gasteiger partial charge in [0.15, 0.2) is 21.1 Å². The average Bonchev–Trinajstić information content (AvgIpc) is 2.81. The maximum atomic E-state index is 12.5. The standard InChI is InChI=1S/C24H24N2O8S2/c1-3-25-18-11-9-16-20(15-8-6-5-7-14(15)13-27)17-10-12-19(26-4-2)24(36(31,32)33)22(17)34-21(16)23(18)35(28,29)30/h7-13,25H,3-6H2,1-2H3,(H,28,29,30)(H,31,32,33)/b26-19+. The molecular formula is C24H24N2O8S2. The number of carbonyl (C=O) groups excluding carboxylic acids is 1. The molecule has 0 atom stereocenters. The average molecular weight is 533 g/mol. The molecule has 1 aliphatic heterocycles. The zero-order chi connectivity index (χ0) is 26.3. The molecule has 0 saturated heterocycles. The van der Waals surface area contributed by atoms with Crippen LogP contribution >= 0.6 is 0 Å². The van der Waals surface area contributed by atoms with Gasteiger partial charge in [-0.3, -0.25) is 18.9 Å². The molecule has 0 radical (unpaired) electrons. The molecule has 2 aliphatic carbocycles. The topological polar surface area (TPSA) is 163 Å². The predicted molar refractivity (Wildman–Crippen MR) is 134 cm³/mol. The summed E-state index contributed by atoms with van der Waals surface area (Å²) in [6, 6.07) is 5.97. The number of hydrogen-bond acceptors (Lipinski definition) is 8. The van der Waals surface area contributed by atoms with Crippen LogP contribution in [-0.4, -0.2) is 45.3 Å². The third-order valence-electron chi connectivity index (χ3n) is 5.74. The van der Waals surface area contributed by atoms with Crippen molar-refractivity contribution in [2.24, 2.45) is 4.99 Å². The molecule has 1 aromatic rings. The quantitative estimate of drug-likeness (QED) is 0.234. The maximum Gasteiger partial charge on any atom is 0.300 e. The van der Waals surface area contributed by atoms with Crippen LogP contribution in [0.4, 0.5) is 5.69 Å². The van der Waals surface area contributed by atoms with Crippen LogP contribution < -0.4 is 10.7 Å². The third-order valence-corrected chi connectivity index (χ3v) is 7.58. The van der Waals surface area contributed by atoms with Crippen LogP contribution in [0.5, 0.6) is 0 Å². The Morgan fingerprint density at radius 2 is 1.69 bits per heavy atom. The zero-order valence-corrected chi connectivity index (χ0v) is 21.1. The summed E-state index contributed by atoms with van der Waals surface area (Å²) in [6.45, 7) is 3.91. The molecule has 3 aliphatic rings. The predicted octanol–water partition coefficient (Wildman–Crippen LogP) is 3.69. The fraction of sp³-hybridized carbons (Fsp3) is 0.250. The Morgan fingerprint density at radius 1 is 1.00 bits per heavy atom. The number of hydrogen-bond donors (Lipinski definition) is 3. The van der Waals surface area contributed by atoms with E-state index in [1.165, 1.54) is 12.1 Å². The molecule has 1 heterocycles. The monoisotopic (exact) mass is 532 g/mol. The number of anilines is 1. The van der Waals surface area contributed by atoms with Gasteiger partial charge < -0.3 is 9.73 Å². The van der Waals surface area contributed by atoms with Gasteiger partial charge in [-0.25, -0.2) is 0 Å². The van der Waals surface area contributed by atoms with Crippen molar-refractivity contribution >= 4 is 48.8 Å². The summed E-state index contributed by atoms with van der Waals surface area (Å²) in [5, 5.41) is 2.99. The van der Waals surface area contributed by atoms with Crippen molar-refractivity contribution in [1.82, 2.24) is 0 Å². The highest BCUT2D eigenvalue weighted by molar-refractivity contribution is 7.86. The molecule has 0 saturated carbocycles. The molecule has 12 heteroatoms. The van der Waals surface area contributed by atoms with Gasteiger partial charge in [0, 0.05) is 35.2 Å². The summed E-state index contributed by atoms with van der Waals surface area (Å²) >= 11 is 0. The van der Waals surface area contributed by atoms with E-state index < -0.39 is 30.0 Å². The van der Waals surface area contributed by atoms with Crippen LogP contribution in [0.2, 0.25) is 0 Å². The van der Waals surface area contributed by atoms with Gasteiger partial charge >= 0.3 is 0 Å². The van der Waals surface area contributed by atoms with E-state index in [0.717, 1.165) is 0 Å². The second kappa shape index (κ2) is 9.62. The fourth-order valence-corrected chi connectivity index (χ4v) is 6.02. The molecule has 0 fully saturated rings. The van der Waals surface area contributed by atoms with Gasteiger partial charge in [0.05, 0.1) is 11.0 Å². The largest absolute Gasteiger partial charge is 0.453 e. The van der Waals surface area contributed by atoms with Gasteiger partial charge in [-0.2, -0.15) is 16.8 Å². The Kier molecular flexibility index (Phi) is 6.88. The highest BCUT2D eigenvalue weighted by atomic mass is 32.2. The number of benzene rings is 2. The molecule has 0 spiro atoms. The first-order valence-corrected chi connectivity index (χ1v) is 14.0. The van der Waals surface area contributed by atoms with Gasteiger partial charge in [-0.05, 0) is 56.5 Å². The number of rotatable bonds is 7. The van der Waals surface area contributed by atoms with Crippen molar-refractivity contribution in [1.29, 1.82) is 0 Å². The molecule has 3 N–H and O–H groups in total. The van der Waals surface area contributed by atoms with Crippen molar-refractivity contribution < 1.29 is 35.2 Å². The van der Waals surface area contributed by atoms with Gasteiger partial charge in [0.2, 0.25) is 0 Å². The molecule has 0 aromatic heterocycles. The molecule has 1 aromatic carbocycles. The van der Waals surface area contributed by atoms with Crippen LogP contribution in [-0.2, 0) is 25.0 Å². The lowest BCUT2D eigenvalue weighted by Crippen LogP contribution is -2.18. The highest BCUT2D eigenvalue weighted by Gasteiger charge is 2.32. The summed E-state index contributed by atoms with van der Waals surface area (Å²) in [7, 11) is -9.79. The number of nitrogens with zero attached hydrogens (tertiary/aromatic N) is 1. The lowest BCUT2D eigenvalue weighted by Gasteiger charge is -2.22. The molecule has 0 unspecified atom stereocenters. The lowest BCUT2D eigenvalue weighted by atomic mass is 9.86. The van der Waals surface area contributed by atoms with Gasteiger partial charge in [-0.1, -0.05) is 12.2 Å². The number of carbonyl (C=O) groups is 1. The van der Waals surface area contributed by atoms with Gasteiger partial charge in [0.1, 0.15) is 6.29 Å². The van der Waals surface area contributed by atoms with Crippen LogP contribution in [0, 0.1) is 0 Å². The normalized spacial score (nSPS) is 15.2. The molecule has 190 valence electrons. The number of aldehydes is 1. The molecule has 0 amide bonds. The number of fused-ring (bicyclic) bond motifs is 2. The summed E-state index contributed by atoms with van der Waals surface area (Å²) < 4.78 is 76.3. The highest BCUT2D eigenvalue weighted by Crippen LogP contribution is 2.45. The second-order valence-corrected chi connectivity index (χ2v) is 10.7. The number of allylic oxidation sites excluding steroid dienone is 4. The maximum absolute atomic E-state index is 12.5. The fourth-order valence-electron chi connectivity index (χ4n) is 4.43. The van der Waals surface area contributed by atoms with E-state index in [4.69, 9.17) is 4.42 Å². The van der Waals surface area contributed by atoms with E-state index in [-0.39, 0.29) is 39.9 Å². The summed E-state index contributed by atoms with van der Waals surface area (Å²) in [5.74, 6) is -0.357. The lowest BCUT2D eigenvalue weighted by molar-refractivity contribution is -0.104. The minimum atomic E-state index is -4.90. The Balaban J connectivity index is 2.36. The van der Waals surface area contributed by atoms with Crippen LogP contribution in [0.15, 0.2) is 61.2 Å². The first-order valence-electron chi connectivity index (χ1n) is 11.1. The second-order valence-electron chi connectivity index (χ2n) is 8.01. The molecule has 36 heavy (non-hydrogen) atoms. The molecule has 10 nitrogen and oxygen atoms in total. The van der Waals surface area contributed by atoms with E-state index in [1.54, 1.807) is 38.1 Å². The van der Waals surface area contributed by atoms with E-state index in [9.17, 15) is 30.7 Å². The third kappa shape index (κ3) is 4.48. The summed E-state index contributed by atoms with van der Waals surface area (Å²) in [6.07, 6.45) is 5.37. The molecule has 0 bridgehead atoms. The van der Waals surface area contributed by atoms with Gasteiger partial charge in [0.25, 0.3) is 20.2 Å². The van der Waals surface area contributed by atoms with Crippen LogP contribution in [0.3, 0.4) is 0 Å². The SMILES string of the molecule is CC/N=c1\ccc2c(C3=CCCC=C3C=O)c3ccc(NCC)c(S(=O)(=O)O)c3oc-2c1S(=O)(=O)O. The van der Waals surface area contributed by atoms with Crippen molar-refractivity contribution in [3.05, 3.63) is 52.9 Å². The minimum Gasteiger partial charge on any atom is -0.453 e. The Hall–Kier alpha value is -3.32. The summed E-state index contributed by atoms with van der Waals surface area (Å²) in [5.41, 5.74) is 1.01. The first kappa shape index (κ1) is 25.8. The molecular weight excluding hydrogens is 508 g/mol. The van der Waals surface area contributed by atoms with Crippen molar-refractivity contribution in [3.8, 4) is 11.3 Å². The first-order chi connectivity index (χ1) is 17.0. The van der Waals surface area contributed by atoms with Crippen LogP contribution in [0.25, 0.3) is 27.9 Å². The van der Waals surface area contributed by atoms with Crippen molar-refractivity contribution in [2.45, 2.75) is 36.5 Å². The Labute approximate surface area is 207 Å². The zero-order valence-electron chi connectivity index (χ0n) is 19.5. The Morgan fingerprint density at radius 3 is 2.31 bits per heavy atom. The van der Waals surface area contributed by atoms with E-state index >= 15 is 0 Å².